The third-order valence-corrected chi connectivity index (χ3v) is 6.54. The summed E-state index contributed by atoms with van der Waals surface area (Å²) in [5.41, 5.74) is 1.69. The first-order valence-electron chi connectivity index (χ1n) is 10.4. The summed E-state index contributed by atoms with van der Waals surface area (Å²) < 4.78 is 4.42. The second kappa shape index (κ2) is 8.47. The molecule has 2 aliphatic rings. The van der Waals surface area contributed by atoms with E-state index in [4.69, 9.17) is 4.99 Å². The molecule has 2 fully saturated rings. The highest BCUT2D eigenvalue weighted by Crippen LogP contribution is 2.48. The smallest absolute Gasteiger partial charge is 0.205 e. The van der Waals surface area contributed by atoms with Crippen LogP contribution >= 0.6 is 11.5 Å². The molecule has 0 unspecified atom stereocenters. The largest absolute Gasteiger partial charge is 0.357 e. The van der Waals surface area contributed by atoms with E-state index in [0.29, 0.717) is 0 Å². The molecule has 0 amide bonds. The standard InChI is InChI=1S/C21H30N6S/c1-3-18-24-20(28-25-18)27-14-12-26(13-15-27)19(22-4-2)23-16-21(10-11-21)17-8-6-5-7-9-17/h5-9H,3-4,10-16H2,1-2H3,(H,22,23). The van der Waals surface area contributed by atoms with Gasteiger partial charge in [-0.05, 0) is 25.3 Å². The van der Waals surface area contributed by atoms with Crippen LogP contribution in [0.4, 0.5) is 5.13 Å². The first kappa shape index (κ1) is 19.2. The van der Waals surface area contributed by atoms with Crippen LogP contribution in [0, 0.1) is 0 Å². The average Bonchev–Trinajstić information content (AvgIpc) is 3.39. The molecule has 2 heterocycles. The number of guanidine groups is 1. The monoisotopic (exact) mass is 398 g/mol. The number of piperazine rings is 1. The first-order valence-corrected chi connectivity index (χ1v) is 11.2. The van der Waals surface area contributed by atoms with Gasteiger partial charge in [-0.3, -0.25) is 4.99 Å². The minimum absolute atomic E-state index is 0.257. The summed E-state index contributed by atoms with van der Waals surface area (Å²) >= 11 is 1.52. The SMILES string of the molecule is CCNC(=NCC1(c2ccccc2)CC1)N1CCN(c2nc(CC)ns2)CC1. The Bertz CT molecular complexity index is 790. The van der Waals surface area contributed by atoms with Gasteiger partial charge in [0, 0.05) is 56.1 Å². The first-order chi connectivity index (χ1) is 13.7. The lowest BCUT2D eigenvalue weighted by Gasteiger charge is -2.36. The predicted molar refractivity (Wildman–Crippen MR) is 116 cm³/mol. The fraction of sp³-hybridized carbons (Fsp3) is 0.571. The molecule has 0 radical (unpaired) electrons. The number of benzene rings is 1. The Balaban J connectivity index is 1.39. The second-order valence-electron chi connectivity index (χ2n) is 7.64. The summed E-state index contributed by atoms with van der Waals surface area (Å²) in [6.07, 6.45) is 3.38. The highest BCUT2D eigenvalue weighted by atomic mass is 32.1. The molecular formula is C21H30N6S. The summed E-state index contributed by atoms with van der Waals surface area (Å²) in [5.74, 6) is 2.00. The van der Waals surface area contributed by atoms with Crippen LogP contribution < -0.4 is 10.2 Å². The van der Waals surface area contributed by atoms with Gasteiger partial charge in [0.15, 0.2) is 5.96 Å². The van der Waals surface area contributed by atoms with Crippen molar-refractivity contribution in [3.63, 3.8) is 0 Å². The maximum Gasteiger partial charge on any atom is 0.205 e. The van der Waals surface area contributed by atoms with Crippen LogP contribution in [0.2, 0.25) is 0 Å². The van der Waals surface area contributed by atoms with E-state index in [1.807, 2.05) is 0 Å². The van der Waals surface area contributed by atoms with Gasteiger partial charge in [0.05, 0.1) is 6.54 Å². The van der Waals surface area contributed by atoms with Crippen molar-refractivity contribution >= 4 is 22.6 Å². The van der Waals surface area contributed by atoms with Crippen LogP contribution in [0.15, 0.2) is 35.3 Å². The van der Waals surface area contributed by atoms with Crippen molar-refractivity contribution in [1.82, 2.24) is 19.6 Å². The molecule has 1 aliphatic carbocycles. The summed E-state index contributed by atoms with van der Waals surface area (Å²) in [5, 5.41) is 4.56. The van der Waals surface area contributed by atoms with Gasteiger partial charge < -0.3 is 15.1 Å². The van der Waals surface area contributed by atoms with Crippen LogP contribution in [0.5, 0.6) is 0 Å². The molecule has 0 spiro atoms. The van der Waals surface area contributed by atoms with E-state index in [1.165, 1.54) is 29.9 Å². The molecule has 28 heavy (non-hydrogen) atoms. The van der Waals surface area contributed by atoms with Crippen molar-refractivity contribution < 1.29 is 0 Å². The number of aryl methyl sites for hydroxylation is 1. The van der Waals surface area contributed by atoms with Gasteiger partial charge in [-0.1, -0.05) is 37.3 Å². The molecule has 0 atom stereocenters. The lowest BCUT2D eigenvalue weighted by atomic mass is 9.96. The lowest BCUT2D eigenvalue weighted by molar-refractivity contribution is 0.371. The number of nitrogens with one attached hydrogen (secondary N) is 1. The Morgan fingerprint density at radius 2 is 1.89 bits per heavy atom. The van der Waals surface area contributed by atoms with Crippen LogP contribution in [-0.2, 0) is 11.8 Å². The molecule has 4 rings (SSSR count). The topological polar surface area (TPSA) is 56.7 Å². The zero-order chi connectivity index (χ0) is 19.4. The Hall–Kier alpha value is -2.15. The van der Waals surface area contributed by atoms with Gasteiger partial charge in [-0.2, -0.15) is 4.37 Å². The molecule has 150 valence electrons. The van der Waals surface area contributed by atoms with Crippen LogP contribution in [0.1, 0.15) is 38.1 Å². The molecule has 1 aromatic heterocycles. The zero-order valence-electron chi connectivity index (χ0n) is 16.9. The minimum atomic E-state index is 0.257. The van der Waals surface area contributed by atoms with Gasteiger partial charge in [0.2, 0.25) is 5.13 Å². The lowest BCUT2D eigenvalue weighted by Crippen LogP contribution is -2.52. The molecule has 2 aromatic rings. The van der Waals surface area contributed by atoms with Crippen molar-refractivity contribution in [2.24, 2.45) is 4.99 Å². The molecule has 1 aromatic carbocycles. The zero-order valence-corrected chi connectivity index (χ0v) is 17.7. The van der Waals surface area contributed by atoms with Crippen LogP contribution in [-0.4, -0.2) is 59.5 Å². The van der Waals surface area contributed by atoms with E-state index in [0.717, 1.165) is 62.6 Å². The Kier molecular flexibility index (Phi) is 5.80. The van der Waals surface area contributed by atoms with Crippen molar-refractivity contribution in [1.29, 1.82) is 0 Å². The fourth-order valence-electron chi connectivity index (χ4n) is 3.76. The van der Waals surface area contributed by atoms with Gasteiger partial charge in [-0.25, -0.2) is 4.98 Å². The molecule has 1 aliphatic heterocycles. The Morgan fingerprint density at radius 3 is 2.50 bits per heavy atom. The molecule has 6 nitrogen and oxygen atoms in total. The van der Waals surface area contributed by atoms with Crippen molar-refractivity contribution in [2.45, 2.75) is 38.5 Å². The third kappa shape index (κ3) is 4.14. The number of hydrogen-bond acceptors (Lipinski definition) is 5. The molecule has 1 N–H and O–H groups in total. The number of anilines is 1. The fourth-order valence-corrected chi connectivity index (χ4v) is 4.56. The molecule has 7 heteroatoms. The molecule has 1 saturated carbocycles. The average molecular weight is 399 g/mol. The number of nitrogens with zero attached hydrogens (tertiary/aromatic N) is 5. The number of hydrogen-bond donors (Lipinski definition) is 1. The molecule has 1 saturated heterocycles. The van der Waals surface area contributed by atoms with Crippen molar-refractivity contribution in [3.05, 3.63) is 41.7 Å². The van der Waals surface area contributed by atoms with Gasteiger partial charge >= 0.3 is 0 Å². The van der Waals surface area contributed by atoms with Crippen LogP contribution in [0.3, 0.4) is 0 Å². The number of aromatic nitrogens is 2. The van der Waals surface area contributed by atoms with E-state index >= 15 is 0 Å². The minimum Gasteiger partial charge on any atom is -0.357 e. The summed E-state index contributed by atoms with van der Waals surface area (Å²) in [4.78, 5) is 14.4. The normalized spacial score (nSPS) is 19.0. The number of rotatable bonds is 6. The van der Waals surface area contributed by atoms with Gasteiger partial charge in [-0.15, -0.1) is 0 Å². The second-order valence-corrected chi connectivity index (χ2v) is 8.37. The van der Waals surface area contributed by atoms with E-state index < -0.39 is 0 Å². The van der Waals surface area contributed by atoms with E-state index in [2.05, 4.69) is 68.7 Å². The Morgan fingerprint density at radius 1 is 1.14 bits per heavy atom. The van der Waals surface area contributed by atoms with Crippen LogP contribution in [0.25, 0.3) is 0 Å². The maximum atomic E-state index is 5.05. The van der Waals surface area contributed by atoms with E-state index in [9.17, 15) is 0 Å². The summed E-state index contributed by atoms with van der Waals surface area (Å²) in [7, 11) is 0. The molecule has 0 bridgehead atoms. The highest BCUT2D eigenvalue weighted by molar-refractivity contribution is 7.09. The summed E-state index contributed by atoms with van der Waals surface area (Å²) in [6, 6.07) is 10.9. The van der Waals surface area contributed by atoms with Gasteiger partial charge in [0.25, 0.3) is 0 Å². The van der Waals surface area contributed by atoms with Crippen molar-refractivity contribution in [2.75, 3.05) is 44.2 Å². The summed E-state index contributed by atoms with van der Waals surface area (Å²) in [6.45, 7) is 9.87. The van der Waals surface area contributed by atoms with Crippen molar-refractivity contribution in [3.8, 4) is 0 Å². The maximum absolute atomic E-state index is 5.05. The van der Waals surface area contributed by atoms with E-state index in [1.54, 1.807) is 0 Å². The predicted octanol–water partition coefficient (Wildman–Crippen LogP) is 2.92. The van der Waals surface area contributed by atoms with E-state index in [-0.39, 0.29) is 5.41 Å². The molecular weight excluding hydrogens is 368 g/mol. The Labute approximate surface area is 171 Å². The highest BCUT2D eigenvalue weighted by Gasteiger charge is 2.44. The number of aliphatic imine (C=N–C) groups is 1. The quantitative estimate of drug-likeness (QED) is 0.599. The van der Waals surface area contributed by atoms with Gasteiger partial charge in [0.1, 0.15) is 5.82 Å². The third-order valence-electron chi connectivity index (χ3n) is 5.73.